The quantitative estimate of drug-likeness (QED) is 0.501. The SMILES string of the molecule is O=C(/C=C/c1csc(-c2ccco2)n1)c1ccc(Cl)s1. The zero-order valence-corrected chi connectivity index (χ0v) is 12.5. The van der Waals surface area contributed by atoms with Crippen LogP contribution in [0.15, 0.2) is 46.4 Å². The minimum absolute atomic E-state index is 0.0746. The van der Waals surface area contributed by atoms with Crippen LogP contribution in [-0.2, 0) is 0 Å². The van der Waals surface area contributed by atoms with Gasteiger partial charge in [0.15, 0.2) is 16.6 Å². The third-order valence-corrected chi connectivity index (χ3v) is 4.60. The molecule has 0 amide bonds. The van der Waals surface area contributed by atoms with Crippen molar-refractivity contribution in [2.75, 3.05) is 0 Å². The van der Waals surface area contributed by atoms with E-state index in [2.05, 4.69) is 4.98 Å². The van der Waals surface area contributed by atoms with Crippen molar-refractivity contribution in [3.63, 3.8) is 0 Å². The highest BCUT2D eigenvalue weighted by molar-refractivity contribution is 7.18. The minimum Gasteiger partial charge on any atom is -0.462 e. The van der Waals surface area contributed by atoms with Gasteiger partial charge in [-0.15, -0.1) is 22.7 Å². The molecule has 20 heavy (non-hydrogen) atoms. The van der Waals surface area contributed by atoms with Crippen molar-refractivity contribution in [3.8, 4) is 10.8 Å². The first-order valence-electron chi connectivity index (χ1n) is 5.69. The smallest absolute Gasteiger partial charge is 0.195 e. The summed E-state index contributed by atoms with van der Waals surface area (Å²) in [5, 5.41) is 2.67. The average molecular weight is 322 g/mol. The van der Waals surface area contributed by atoms with Gasteiger partial charge in [0.1, 0.15) is 0 Å². The fraction of sp³-hybridized carbons (Fsp3) is 0. The van der Waals surface area contributed by atoms with Crippen molar-refractivity contribution in [1.29, 1.82) is 0 Å². The van der Waals surface area contributed by atoms with Gasteiger partial charge < -0.3 is 4.42 Å². The lowest BCUT2D eigenvalue weighted by molar-refractivity contribution is 0.105. The molecule has 0 fully saturated rings. The Morgan fingerprint density at radius 1 is 1.35 bits per heavy atom. The van der Waals surface area contributed by atoms with Crippen molar-refractivity contribution in [2.45, 2.75) is 0 Å². The van der Waals surface area contributed by atoms with Gasteiger partial charge in [0.05, 0.1) is 21.2 Å². The maximum atomic E-state index is 11.9. The highest BCUT2D eigenvalue weighted by atomic mass is 35.5. The molecule has 0 aliphatic heterocycles. The second-order valence-corrected chi connectivity index (χ2v) is 6.43. The van der Waals surface area contributed by atoms with E-state index in [1.807, 2.05) is 17.5 Å². The number of hydrogen-bond acceptors (Lipinski definition) is 5. The molecule has 3 rings (SSSR count). The summed E-state index contributed by atoms with van der Waals surface area (Å²) in [5.74, 6) is 0.653. The number of hydrogen-bond donors (Lipinski definition) is 0. The lowest BCUT2D eigenvalue weighted by Gasteiger charge is -1.88. The number of furan rings is 1. The Bertz CT molecular complexity index is 756. The first-order valence-corrected chi connectivity index (χ1v) is 7.77. The number of thiophene rings is 1. The summed E-state index contributed by atoms with van der Waals surface area (Å²) in [4.78, 5) is 16.9. The number of thiazole rings is 1. The number of allylic oxidation sites excluding steroid dienone is 1. The molecule has 0 unspecified atom stereocenters. The second-order valence-electron chi connectivity index (χ2n) is 3.86. The van der Waals surface area contributed by atoms with Crippen LogP contribution in [0.25, 0.3) is 16.8 Å². The summed E-state index contributed by atoms with van der Waals surface area (Å²) in [7, 11) is 0. The van der Waals surface area contributed by atoms with Gasteiger partial charge in [-0.05, 0) is 36.4 Å². The Hall–Kier alpha value is -1.69. The number of ketones is 1. The normalized spacial score (nSPS) is 11.2. The van der Waals surface area contributed by atoms with Gasteiger partial charge >= 0.3 is 0 Å². The molecule has 3 aromatic rings. The summed E-state index contributed by atoms with van der Waals surface area (Å²) in [5.41, 5.74) is 0.734. The third-order valence-electron chi connectivity index (χ3n) is 2.48. The molecule has 3 aromatic heterocycles. The minimum atomic E-state index is -0.0746. The van der Waals surface area contributed by atoms with Crippen LogP contribution < -0.4 is 0 Å². The van der Waals surface area contributed by atoms with E-state index < -0.39 is 0 Å². The van der Waals surface area contributed by atoms with Crippen molar-refractivity contribution in [3.05, 3.63) is 56.9 Å². The van der Waals surface area contributed by atoms with Gasteiger partial charge in [0.2, 0.25) is 0 Å². The number of carbonyl (C=O) groups is 1. The molecule has 0 saturated carbocycles. The standard InChI is InChI=1S/C14H8ClNO2S2/c15-13-6-5-12(20-13)10(17)4-3-9-8-19-14(16-9)11-2-1-7-18-11/h1-8H/b4-3+. The first-order chi connectivity index (χ1) is 9.72. The van der Waals surface area contributed by atoms with E-state index in [4.69, 9.17) is 16.0 Å². The van der Waals surface area contributed by atoms with Gasteiger partial charge in [-0.2, -0.15) is 0 Å². The molecule has 0 N–H and O–H groups in total. The molecule has 0 aliphatic carbocycles. The largest absolute Gasteiger partial charge is 0.462 e. The van der Waals surface area contributed by atoms with E-state index in [0.717, 1.165) is 16.5 Å². The van der Waals surface area contributed by atoms with E-state index >= 15 is 0 Å². The molecule has 100 valence electrons. The third kappa shape index (κ3) is 2.90. The summed E-state index contributed by atoms with van der Waals surface area (Å²) in [6.07, 6.45) is 4.80. The van der Waals surface area contributed by atoms with Crippen LogP contribution >= 0.6 is 34.3 Å². The van der Waals surface area contributed by atoms with Gasteiger partial charge in [-0.1, -0.05) is 11.6 Å². The number of nitrogens with zero attached hydrogens (tertiary/aromatic N) is 1. The fourth-order valence-corrected chi connectivity index (χ4v) is 3.28. The van der Waals surface area contributed by atoms with Crippen molar-refractivity contribution in [2.24, 2.45) is 0 Å². The van der Waals surface area contributed by atoms with Gasteiger partial charge in [-0.25, -0.2) is 4.98 Å². The summed E-state index contributed by atoms with van der Waals surface area (Å²) < 4.78 is 5.88. The molecular formula is C14H8ClNO2S2. The van der Waals surface area contributed by atoms with E-state index in [1.165, 1.54) is 28.7 Å². The molecule has 0 atom stereocenters. The van der Waals surface area contributed by atoms with Gasteiger partial charge in [0, 0.05) is 5.38 Å². The van der Waals surface area contributed by atoms with Gasteiger partial charge in [-0.3, -0.25) is 4.79 Å². The van der Waals surface area contributed by atoms with Crippen molar-refractivity contribution >= 4 is 46.1 Å². The van der Waals surface area contributed by atoms with Crippen LogP contribution in [0.2, 0.25) is 4.34 Å². The molecule has 0 bridgehead atoms. The fourth-order valence-electron chi connectivity index (χ4n) is 1.57. The maximum Gasteiger partial charge on any atom is 0.195 e. The predicted octanol–water partition coefficient (Wildman–Crippen LogP) is 5.01. The maximum absolute atomic E-state index is 11.9. The lowest BCUT2D eigenvalue weighted by atomic mass is 10.3. The predicted molar refractivity (Wildman–Crippen MR) is 82.5 cm³/mol. The summed E-state index contributed by atoms with van der Waals surface area (Å²) in [6.45, 7) is 0. The molecule has 0 aliphatic rings. The van der Waals surface area contributed by atoms with E-state index in [-0.39, 0.29) is 5.78 Å². The zero-order chi connectivity index (χ0) is 13.9. The highest BCUT2D eigenvalue weighted by Gasteiger charge is 2.07. The second kappa shape index (κ2) is 5.75. The Labute approximate surface area is 128 Å². The molecule has 0 spiro atoms. The molecule has 3 nitrogen and oxygen atoms in total. The van der Waals surface area contributed by atoms with Crippen LogP contribution in [0.1, 0.15) is 15.4 Å². The Morgan fingerprint density at radius 2 is 2.25 bits per heavy atom. The van der Waals surface area contributed by atoms with Crippen LogP contribution in [0.3, 0.4) is 0 Å². The number of aromatic nitrogens is 1. The Balaban J connectivity index is 1.75. The number of carbonyl (C=O) groups excluding carboxylic acids is 1. The first kappa shape index (κ1) is 13.3. The van der Waals surface area contributed by atoms with E-state index in [9.17, 15) is 4.79 Å². The van der Waals surface area contributed by atoms with Crippen molar-refractivity contribution < 1.29 is 9.21 Å². The molecular weight excluding hydrogens is 314 g/mol. The molecule has 0 radical (unpaired) electrons. The number of halogens is 1. The molecule has 0 aromatic carbocycles. The lowest BCUT2D eigenvalue weighted by Crippen LogP contribution is -1.88. The Kier molecular flexibility index (Phi) is 3.82. The van der Waals surface area contributed by atoms with Crippen LogP contribution in [0.5, 0.6) is 0 Å². The highest BCUT2D eigenvalue weighted by Crippen LogP contribution is 2.25. The topological polar surface area (TPSA) is 43.1 Å². The zero-order valence-electron chi connectivity index (χ0n) is 10.1. The van der Waals surface area contributed by atoms with Crippen LogP contribution in [0.4, 0.5) is 0 Å². The van der Waals surface area contributed by atoms with Crippen LogP contribution in [-0.4, -0.2) is 10.8 Å². The molecule has 3 heterocycles. The number of rotatable bonds is 4. The summed E-state index contributed by atoms with van der Waals surface area (Å²) >= 11 is 8.54. The van der Waals surface area contributed by atoms with E-state index in [1.54, 1.807) is 24.5 Å². The monoisotopic (exact) mass is 321 g/mol. The summed E-state index contributed by atoms with van der Waals surface area (Å²) in [6, 6.07) is 7.10. The average Bonchev–Trinajstić information content (AvgIpc) is 3.16. The van der Waals surface area contributed by atoms with Crippen LogP contribution in [0, 0.1) is 0 Å². The van der Waals surface area contributed by atoms with Crippen molar-refractivity contribution in [1.82, 2.24) is 4.98 Å². The Morgan fingerprint density at radius 3 is 2.95 bits per heavy atom. The van der Waals surface area contributed by atoms with Gasteiger partial charge in [0.25, 0.3) is 0 Å². The molecule has 6 heteroatoms. The van der Waals surface area contributed by atoms with E-state index in [0.29, 0.717) is 9.21 Å². The molecule has 0 saturated heterocycles.